The zero-order valence-corrected chi connectivity index (χ0v) is 22.4. The zero-order chi connectivity index (χ0) is 26.9. The van der Waals surface area contributed by atoms with Gasteiger partial charge in [-0.25, -0.2) is 19.2 Å². The summed E-state index contributed by atoms with van der Waals surface area (Å²) in [5.41, 5.74) is 2.83. The van der Waals surface area contributed by atoms with Gasteiger partial charge in [0.25, 0.3) is 0 Å². The number of alkyl carbamates (subject to hydrolysis) is 1. The van der Waals surface area contributed by atoms with Crippen molar-refractivity contribution in [1.29, 1.82) is 0 Å². The first-order chi connectivity index (χ1) is 17.4. The van der Waals surface area contributed by atoms with Gasteiger partial charge >= 0.3 is 6.09 Å². The van der Waals surface area contributed by atoms with Gasteiger partial charge in [-0.2, -0.15) is 0 Å². The maximum absolute atomic E-state index is 14.9. The summed E-state index contributed by atoms with van der Waals surface area (Å²) in [6.45, 7) is 11.4. The number of aromatic nitrogens is 3. The standard InChI is InChI=1S/C28H36FN5O3/c1-16(2)34-15-31-25-22(29)11-19(12-23(25)34)21-13-24(30-14-17(21)3)33-26(35)18-8-7-9-20(10-18)32-27(36)37-28(4,5)6/h11-16,18,20H,7-10H2,1-6H3,(H,32,36)(H,30,33,35)/t18-,20+/m0/s1. The van der Waals surface area contributed by atoms with Gasteiger partial charge in [0, 0.05) is 24.2 Å². The van der Waals surface area contributed by atoms with E-state index in [4.69, 9.17) is 4.74 Å². The Morgan fingerprint density at radius 1 is 1.16 bits per heavy atom. The van der Waals surface area contributed by atoms with Gasteiger partial charge in [0.1, 0.15) is 16.9 Å². The van der Waals surface area contributed by atoms with Gasteiger partial charge in [-0.15, -0.1) is 0 Å². The first kappa shape index (κ1) is 26.6. The normalized spacial score (nSPS) is 18.2. The van der Waals surface area contributed by atoms with Crippen molar-refractivity contribution >= 4 is 28.9 Å². The molecular formula is C28H36FN5O3. The van der Waals surface area contributed by atoms with Crippen LogP contribution in [0.3, 0.4) is 0 Å². The Morgan fingerprint density at radius 3 is 2.62 bits per heavy atom. The molecule has 9 heteroatoms. The van der Waals surface area contributed by atoms with Crippen LogP contribution in [0.1, 0.15) is 71.9 Å². The molecule has 1 aliphatic rings. The number of nitrogens with zero attached hydrogens (tertiary/aromatic N) is 3. The van der Waals surface area contributed by atoms with Crippen molar-refractivity contribution in [2.45, 2.75) is 84.9 Å². The van der Waals surface area contributed by atoms with E-state index in [2.05, 4.69) is 20.6 Å². The number of imidazole rings is 1. The minimum absolute atomic E-state index is 0.124. The van der Waals surface area contributed by atoms with E-state index in [1.807, 2.05) is 52.2 Å². The van der Waals surface area contributed by atoms with Crippen LogP contribution in [-0.2, 0) is 9.53 Å². The molecule has 198 valence electrons. The summed E-state index contributed by atoms with van der Waals surface area (Å²) in [6, 6.07) is 5.19. The summed E-state index contributed by atoms with van der Waals surface area (Å²) in [6.07, 6.45) is 5.77. The predicted molar refractivity (Wildman–Crippen MR) is 142 cm³/mol. The highest BCUT2D eigenvalue weighted by Gasteiger charge is 2.29. The maximum atomic E-state index is 14.9. The lowest BCUT2D eigenvalue weighted by atomic mass is 9.85. The van der Waals surface area contributed by atoms with E-state index >= 15 is 0 Å². The molecule has 4 rings (SSSR count). The zero-order valence-electron chi connectivity index (χ0n) is 22.4. The van der Waals surface area contributed by atoms with Crippen LogP contribution in [0.4, 0.5) is 15.0 Å². The van der Waals surface area contributed by atoms with Crippen LogP contribution in [-0.4, -0.2) is 38.2 Å². The third-order valence-corrected chi connectivity index (χ3v) is 6.62. The number of carbonyl (C=O) groups excluding carboxylic acids is 2. The Bertz CT molecular complexity index is 1310. The van der Waals surface area contributed by atoms with Crippen molar-refractivity contribution in [3.05, 3.63) is 42.1 Å². The lowest BCUT2D eigenvalue weighted by molar-refractivity contribution is -0.121. The molecule has 2 aromatic heterocycles. The van der Waals surface area contributed by atoms with Gasteiger partial charge in [-0.3, -0.25) is 4.79 Å². The smallest absolute Gasteiger partial charge is 0.407 e. The van der Waals surface area contributed by atoms with E-state index in [-0.39, 0.29) is 29.7 Å². The number of pyridine rings is 1. The van der Waals surface area contributed by atoms with Crippen LogP contribution in [0.5, 0.6) is 0 Å². The molecule has 8 nitrogen and oxygen atoms in total. The molecule has 2 amide bonds. The third kappa shape index (κ3) is 6.26. The molecule has 2 heterocycles. The second-order valence-electron chi connectivity index (χ2n) is 11.2. The van der Waals surface area contributed by atoms with E-state index in [9.17, 15) is 14.0 Å². The molecule has 3 aromatic rings. The number of aryl methyl sites for hydroxylation is 1. The average Bonchev–Trinajstić information content (AvgIpc) is 3.24. The molecule has 1 saturated carbocycles. The number of fused-ring (bicyclic) bond motifs is 1. The van der Waals surface area contributed by atoms with Crippen molar-refractivity contribution in [1.82, 2.24) is 19.9 Å². The molecule has 0 bridgehead atoms. The number of hydrogen-bond acceptors (Lipinski definition) is 5. The minimum Gasteiger partial charge on any atom is -0.444 e. The minimum atomic E-state index is -0.577. The molecule has 0 aliphatic heterocycles. The highest BCUT2D eigenvalue weighted by Crippen LogP contribution is 2.32. The van der Waals surface area contributed by atoms with Crippen LogP contribution < -0.4 is 10.6 Å². The van der Waals surface area contributed by atoms with E-state index in [1.165, 1.54) is 6.07 Å². The topological polar surface area (TPSA) is 98.1 Å². The largest absolute Gasteiger partial charge is 0.444 e. The molecule has 0 saturated heterocycles. The number of amides is 2. The molecule has 2 N–H and O–H groups in total. The monoisotopic (exact) mass is 509 g/mol. The second kappa shape index (κ2) is 10.5. The number of rotatable bonds is 5. The number of anilines is 1. The van der Waals surface area contributed by atoms with Crippen molar-refractivity contribution in [2.24, 2.45) is 5.92 Å². The molecular weight excluding hydrogens is 473 g/mol. The number of ether oxygens (including phenoxy) is 1. The van der Waals surface area contributed by atoms with Crippen molar-refractivity contribution in [3.8, 4) is 11.1 Å². The van der Waals surface area contributed by atoms with Crippen LogP contribution in [0.25, 0.3) is 22.2 Å². The Kier molecular flexibility index (Phi) is 7.52. The first-order valence-corrected chi connectivity index (χ1v) is 12.8. The van der Waals surface area contributed by atoms with Gasteiger partial charge in [-0.1, -0.05) is 6.42 Å². The van der Waals surface area contributed by atoms with Crippen molar-refractivity contribution in [2.75, 3.05) is 5.32 Å². The molecule has 0 unspecified atom stereocenters. The van der Waals surface area contributed by atoms with Crippen LogP contribution in [0, 0.1) is 18.7 Å². The Labute approximate surface area is 217 Å². The summed E-state index contributed by atoms with van der Waals surface area (Å²) in [7, 11) is 0. The average molecular weight is 510 g/mol. The summed E-state index contributed by atoms with van der Waals surface area (Å²) < 4.78 is 22.2. The first-order valence-electron chi connectivity index (χ1n) is 12.8. The predicted octanol–water partition coefficient (Wildman–Crippen LogP) is 6.15. The summed E-state index contributed by atoms with van der Waals surface area (Å²) in [5, 5.41) is 5.83. The highest BCUT2D eigenvalue weighted by molar-refractivity contribution is 5.93. The Balaban J connectivity index is 1.50. The lowest BCUT2D eigenvalue weighted by Gasteiger charge is -2.30. The number of halogens is 1. The van der Waals surface area contributed by atoms with Gasteiger partial charge < -0.3 is 19.9 Å². The number of nitrogens with one attached hydrogen (secondary N) is 2. The molecule has 1 aromatic carbocycles. The number of benzene rings is 1. The SMILES string of the molecule is Cc1cnc(NC(=O)[C@H]2CCC[C@@H](NC(=O)OC(C)(C)C)C2)cc1-c1cc(F)c2ncn(C(C)C)c2c1. The van der Waals surface area contributed by atoms with E-state index in [0.29, 0.717) is 23.3 Å². The van der Waals surface area contributed by atoms with Crippen LogP contribution in [0.15, 0.2) is 30.7 Å². The van der Waals surface area contributed by atoms with Crippen LogP contribution >= 0.6 is 0 Å². The number of hydrogen-bond donors (Lipinski definition) is 2. The fourth-order valence-electron chi connectivity index (χ4n) is 4.82. The molecule has 2 atom stereocenters. The Hall–Kier alpha value is -3.49. The summed E-state index contributed by atoms with van der Waals surface area (Å²) >= 11 is 0. The third-order valence-electron chi connectivity index (χ3n) is 6.62. The second-order valence-corrected chi connectivity index (χ2v) is 11.2. The van der Waals surface area contributed by atoms with Crippen LogP contribution in [0.2, 0.25) is 0 Å². The van der Waals surface area contributed by atoms with Crippen molar-refractivity contribution < 1.29 is 18.7 Å². The van der Waals surface area contributed by atoms with Gasteiger partial charge in [-0.05, 0) is 95.7 Å². The van der Waals surface area contributed by atoms with E-state index < -0.39 is 11.7 Å². The van der Waals surface area contributed by atoms with Gasteiger partial charge in [0.2, 0.25) is 5.91 Å². The van der Waals surface area contributed by atoms with E-state index in [0.717, 1.165) is 35.9 Å². The fourth-order valence-corrected chi connectivity index (χ4v) is 4.82. The quantitative estimate of drug-likeness (QED) is 0.430. The highest BCUT2D eigenvalue weighted by atomic mass is 19.1. The van der Waals surface area contributed by atoms with Gasteiger partial charge in [0.15, 0.2) is 5.82 Å². The number of carbonyl (C=O) groups is 2. The lowest BCUT2D eigenvalue weighted by Crippen LogP contribution is -2.43. The molecule has 37 heavy (non-hydrogen) atoms. The van der Waals surface area contributed by atoms with E-state index in [1.54, 1.807) is 18.6 Å². The molecule has 0 radical (unpaired) electrons. The fraction of sp³-hybridized carbons (Fsp3) is 0.500. The molecule has 1 aliphatic carbocycles. The summed E-state index contributed by atoms with van der Waals surface area (Å²) in [4.78, 5) is 33.9. The maximum Gasteiger partial charge on any atom is 0.407 e. The van der Waals surface area contributed by atoms with Gasteiger partial charge in [0.05, 0.1) is 11.8 Å². The Morgan fingerprint density at radius 2 is 1.92 bits per heavy atom. The summed E-state index contributed by atoms with van der Waals surface area (Å²) in [5.74, 6) is -0.378. The molecule has 1 fully saturated rings. The van der Waals surface area contributed by atoms with Crippen molar-refractivity contribution in [3.63, 3.8) is 0 Å². The molecule has 0 spiro atoms.